The summed E-state index contributed by atoms with van der Waals surface area (Å²) in [5.74, 6) is 0.116. The lowest BCUT2D eigenvalue weighted by molar-refractivity contribution is -0.126. The maximum atomic E-state index is 13.4. The predicted octanol–water partition coefficient (Wildman–Crippen LogP) is 3.85. The average molecular weight is 418 g/mol. The summed E-state index contributed by atoms with van der Waals surface area (Å²) >= 11 is 7.44. The molecule has 3 aromatic rings. The third-order valence-electron chi connectivity index (χ3n) is 4.43. The number of rotatable bonds is 5. The van der Waals surface area contributed by atoms with Gasteiger partial charge in [-0.3, -0.25) is 4.79 Å². The summed E-state index contributed by atoms with van der Waals surface area (Å²) in [6.45, 7) is 1.71. The van der Waals surface area contributed by atoms with E-state index in [-0.39, 0.29) is 10.9 Å². The molecule has 28 heavy (non-hydrogen) atoms. The molecule has 0 radical (unpaired) electrons. The highest BCUT2D eigenvalue weighted by molar-refractivity contribution is 7.19. The second-order valence-corrected chi connectivity index (χ2v) is 7.81. The molecule has 2 N–H and O–H groups in total. The smallest absolute Gasteiger partial charge is 0.246 e. The van der Waals surface area contributed by atoms with Gasteiger partial charge in [0.15, 0.2) is 0 Å². The lowest BCUT2D eigenvalue weighted by Gasteiger charge is -2.13. The Hall–Kier alpha value is -2.55. The van der Waals surface area contributed by atoms with E-state index in [0.29, 0.717) is 31.1 Å². The number of nitrogens with one attached hydrogen (secondary N) is 2. The van der Waals surface area contributed by atoms with Crippen LogP contribution in [-0.2, 0) is 17.9 Å². The monoisotopic (exact) mass is 417 g/mol. The number of carbonyl (C=O) groups excluding carboxylic acids is 1. The number of hydrogen-bond acceptors (Lipinski definition) is 6. The number of halogens is 2. The van der Waals surface area contributed by atoms with E-state index < -0.39 is 5.82 Å². The van der Waals surface area contributed by atoms with Crippen molar-refractivity contribution in [2.75, 3.05) is 18.9 Å². The summed E-state index contributed by atoms with van der Waals surface area (Å²) in [6, 6.07) is 4.42. The lowest BCUT2D eigenvalue weighted by Crippen LogP contribution is -2.23. The summed E-state index contributed by atoms with van der Waals surface area (Å²) in [4.78, 5) is 24.9. The van der Waals surface area contributed by atoms with E-state index in [2.05, 4.69) is 20.6 Å². The molecule has 0 saturated carbocycles. The standard InChI is InChI=1S/C19H17ClFN5OS/c1-22-6-2-3-16(27)26-8-12-15(9-26)28-19-17(12)18(23-10-24-19)25-11-4-5-14(21)13(20)7-11/h2-5,7,10,22H,6,8-9H2,1H3,(H,23,24,25)/b3-2+. The quantitative estimate of drug-likeness (QED) is 0.617. The third-order valence-corrected chi connectivity index (χ3v) is 5.85. The first-order chi connectivity index (χ1) is 13.6. The first-order valence-electron chi connectivity index (χ1n) is 8.64. The number of thiophene rings is 1. The zero-order chi connectivity index (χ0) is 19.7. The van der Waals surface area contributed by atoms with Crippen molar-refractivity contribution in [2.24, 2.45) is 0 Å². The van der Waals surface area contributed by atoms with Crippen LogP contribution in [0.25, 0.3) is 10.2 Å². The van der Waals surface area contributed by atoms with E-state index in [1.807, 2.05) is 7.05 Å². The van der Waals surface area contributed by atoms with Crippen LogP contribution in [0.2, 0.25) is 5.02 Å². The number of carbonyl (C=O) groups is 1. The molecular formula is C19H17ClFN5OS. The van der Waals surface area contributed by atoms with Gasteiger partial charge in [0.05, 0.1) is 17.0 Å². The van der Waals surface area contributed by atoms with Crippen LogP contribution in [0.15, 0.2) is 36.7 Å². The van der Waals surface area contributed by atoms with Crippen LogP contribution in [0, 0.1) is 5.82 Å². The van der Waals surface area contributed by atoms with E-state index in [4.69, 9.17) is 11.6 Å². The molecule has 6 nitrogen and oxygen atoms in total. The van der Waals surface area contributed by atoms with E-state index >= 15 is 0 Å². The molecule has 3 heterocycles. The fraction of sp³-hybridized carbons (Fsp3) is 0.211. The molecule has 1 aliphatic heterocycles. The van der Waals surface area contributed by atoms with Crippen molar-refractivity contribution in [3.05, 3.63) is 58.0 Å². The molecule has 9 heteroatoms. The fourth-order valence-corrected chi connectivity index (χ4v) is 4.44. The minimum atomic E-state index is -0.475. The van der Waals surface area contributed by atoms with Gasteiger partial charge < -0.3 is 15.5 Å². The Labute approximate surface area is 170 Å². The van der Waals surface area contributed by atoms with Crippen LogP contribution >= 0.6 is 22.9 Å². The Kier molecular flexibility index (Phi) is 5.25. The van der Waals surface area contributed by atoms with Crippen LogP contribution < -0.4 is 10.6 Å². The maximum absolute atomic E-state index is 13.4. The van der Waals surface area contributed by atoms with Crippen molar-refractivity contribution in [3.8, 4) is 0 Å². The molecule has 0 unspecified atom stereocenters. The van der Waals surface area contributed by atoms with Gasteiger partial charge in [0, 0.05) is 35.3 Å². The molecule has 0 aliphatic carbocycles. The Morgan fingerprint density at radius 1 is 1.39 bits per heavy atom. The predicted molar refractivity (Wildman–Crippen MR) is 109 cm³/mol. The molecule has 1 amide bonds. The largest absolute Gasteiger partial charge is 0.340 e. The Morgan fingerprint density at radius 3 is 3.04 bits per heavy atom. The Bertz CT molecular complexity index is 1080. The van der Waals surface area contributed by atoms with Gasteiger partial charge in [0.2, 0.25) is 5.91 Å². The van der Waals surface area contributed by atoms with Crippen LogP contribution in [0.1, 0.15) is 10.4 Å². The minimum absolute atomic E-state index is 0.0246. The van der Waals surface area contributed by atoms with Crippen molar-refractivity contribution in [1.29, 1.82) is 0 Å². The number of aromatic nitrogens is 2. The second kappa shape index (κ2) is 7.83. The average Bonchev–Trinajstić information content (AvgIpc) is 3.23. The molecule has 0 spiro atoms. The van der Waals surface area contributed by atoms with Gasteiger partial charge in [-0.1, -0.05) is 17.7 Å². The molecule has 0 saturated heterocycles. The molecule has 4 rings (SSSR count). The molecule has 0 atom stereocenters. The molecular weight excluding hydrogens is 401 g/mol. The van der Waals surface area contributed by atoms with Crippen LogP contribution in [0.5, 0.6) is 0 Å². The molecule has 2 aromatic heterocycles. The summed E-state index contributed by atoms with van der Waals surface area (Å²) in [7, 11) is 1.83. The van der Waals surface area contributed by atoms with Crippen molar-refractivity contribution in [3.63, 3.8) is 0 Å². The van der Waals surface area contributed by atoms with Crippen LogP contribution in [-0.4, -0.2) is 34.4 Å². The lowest BCUT2D eigenvalue weighted by atomic mass is 10.2. The topological polar surface area (TPSA) is 70.2 Å². The molecule has 0 bridgehead atoms. The molecule has 1 aromatic carbocycles. The van der Waals surface area contributed by atoms with Gasteiger partial charge in [-0.2, -0.15) is 0 Å². The highest BCUT2D eigenvalue weighted by atomic mass is 35.5. The van der Waals surface area contributed by atoms with Crippen LogP contribution in [0.3, 0.4) is 0 Å². The number of fused-ring (bicyclic) bond motifs is 3. The maximum Gasteiger partial charge on any atom is 0.246 e. The van der Waals surface area contributed by atoms with Gasteiger partial charge >= 0.3 is 0 Å². The summed E-state index contributed by atoms with van der Waals surface area (Å²) in [5, 5.41) is 7.09. The third kappa shape index (κ3) is 3.58. The van der Waals surface area contributed by atoms with E-state index in [9.17, 15) is 9.18 Å². The number of likely N-dealkylation sites (N-methyl/N-ethyl adjacent to an activating group) is 1. The van der Waals surface area contributed by atoms with Gasteiger partial charge in [0.25, 0.3) is 0 Å². The number of benzene rings is 1. The SMILES string of the molecule is CNC/C=C/C(=O)N1Cc2sc3ncnc(Nc4ccc(F)c(Cl)c4)c3c2C1. The number of hydrogen-bond donors (Lipinski definition) is 2. The summed E-state index contributed by atoms with van der Waals surface area (Å²) < 4.78 is 13.4. The van der Waals surface area contributed by atoms with Crippen LogP contribution in [0.4, 0.5) is 15.9 Å². The highest BCUT2D eigenvalue weighted by Crippen LogP contribution is 2.40. The van der Waals surface area contributed by atoms with Gasteiger partial charge in [0.1, 0.15) is 22.8 Å². The summed E-state index contributed by atoms with van der Waals surface area (Å²) in [5.41, 5.74) is 1.68. The number of anilines is 2. The minimum Gasteiger partial charge on any atom is -0.340 e. The first kappa shape index (κ1) is 18.8. The number of nitrogens with zero attached hydrogens (tertiary/aromatic N) is 3. The second-order valence-electron chi connectivity index (χ2n) is 6.31. The van der Waals surface area contributed by atoms with Crippen molar-refractivity contribution >= 4 is 50.6 Å². The molecule has 0 fully saturated rings. The van der Waals surface area contributed by atoms with Crippen molar-refractivity contribution in [1.82, 2.24) is 20.2 Å². The number of amides is 1. The summed E-state index contributed by atoms with van der Waals surface area (Å²) in [6.07, 6.45) is 4.89. The van der Waals surface area contributed by atoms with Gasteiger partial charge in [-0.25, -0.2) is 14.4 Å². The van der Waals surface area contributed by atoms with Gasteiger partial charge in [-0.15, -0.1) is 11.3 Å². The molecule has 144 valence electrons. The molecule has 1 aliphatic rings. The zero-order valence-corrected chi connectivity index (χ0v) is 16.6. The normalized spacial score (nSPS) is 13.5. The van der Waals surface area contributed by atoms with Crippen molar-refractivity contribution < 1.29 is 9.18 Å². The van der Waals surface area contributed by atoms with E-state index in [1.165, 1.54) is 18.5 Å². The van der Waals surface area contributed by atoms with E-state index in [0.717, 1.165) is 20.7 Å². The first-order valence-corrected chi connectivity index (χ1v) is 9.83. The fourth-order valence-electron chi connectivity index (χ4n) is 3.10. The van der Waals surface area contributed by atoms with Crippen molar-refractivity contribution in [2.45, 2.75) is 13.1 Å². The van der Waals surface area contributed by atoms with E-state index in [1.54, 1.807) is 34.5 Å². The zero-order valence-electron chi connectivity index (χ0n) is 15.0. The van der Waals surface area contributed by atoms with Gasteiger partial charge in [-0.05, 0) is 25.2 Å². The Morgan fingerprint density at radius 2 is 2.25 bits per heavy atom. The highest BCUT2D eigenvalue weighted by Gasteiger charge is 2.28. The Balaban J connectivity index is 1.63.